The van der Waals surface area contributed by atoms with E-state index in [1.54, 1.807) is 4.90 Å². The first-order valence-corrected chi connectivity index (χ1v) is 12.9. The van der Waals surface area contributed by atoms with Crippen LogP contribution in [0.25, 0.3) is 0 Å². The van der Waals surface area contributed by atoms with E-state index >= 15 is 0 Å². The molecule has 0 aromatic heterocycles. The van der Waals surface area contributed by atoms with E-state index in [4.69, 9.17) is 9.16 Å². The van der Waals surface area contributed by atoms with E-state index in [9.17, 15) is 9.90 Å². The SMILES string of the molecule is CC(CO)N(C(=O)OC(C)(C)C)C1CCC(O[Si](C)(C)C(C)(C)C)CC1. The molecule has 154 valence electrons. The Kier molecular flexibility index (Phi) is 7.77. The van der Waals surface area contributed by atoms with Crippen LogP contribution in [0.5, 0.6) is 0 Å². The summed E-state index contributed by atoms with van der Waals surface area (Å²) >= 11 is 0. The lowest BCUT2D eigenvalue weighted by Crippen LogP contribution is -2.52. The average Bonchev–Trinajstić information content (AvgIpc) is 2.45. The fourth-order valence-corrected chi connectivity index (χ4v) is 4.55. The van der Waals surface area contributed by atoms with Gasteiger partial charge in [-0.1, -0.05) is 20.8 Å². The molecule has 0 radical (unpaired) electrons. The predicted molar refractivity (Wildman–Crippen MR) is 109 cm³/mol. The fourth-order valence-electron chi connectivity index (χ4n) is 3.13. The number of rotatable bonds is 5. The minimum absolute atomic E-state index is 0.0559. The molecular weight excluding hydrogens is 346 g/mol. The monoisotopic (exact) mass is 387 g/mol. The second-order valence-corrected chi connectivity index (χ2v) is 15.0. The topological polar surface area (TPSA) is 59.0 Å². The molecule has 1 saturated carbocycles. The third kappa shape index (κ3) is 6.53. The zero-order valence-corrected chi connectivity index (χ0v) is 19.4. The third-order valence-corrected chi connectivity index (χ3v) is 10.2. The van der Waals surface area contributed by atoms with Crippen molar-refractivity contribution in [3.63, 3.8) is 0 Å². The van der Waals surface area contributed by atoms with Gasteiger partial charge in [0, 0.05) is 12.1 Å². The quantitative estimate of drug-likeness (QED) is 0.679. The van der Waals surface area contributed by atoms with Gasteiger partial charge in [-0.3, -0.25) is 0 Å². The van der Waals surface area contributed by atoms with E-state index in [1.165, 1.54) is 0 Å². The van der Waals surface area contributed by atoms with Crippen LogP contribution in [0, 0.1) is 0 Å². The van der Waals surface area contributed by atoms with Crippen molar-refractivity contribution >= 4 is 14.4 Å². The molecule has 1 unspecified atom stereocenters. The Morgan fingerprint density at radius 3 is 2.00 bits per heavy atom. The Labute approximate surface area is 161 Å². The van der Waals surface area contributed by atoms with Crippen molar-refractivity contribution in [3.05, 3.63) is 0 Å². The number of ether oxygens (including phenoxy) is 1. The van der Waals surface area contributed by atoms with Crippen LogP contribution in [0.3, 0.4) is 0 Å². The van der Waals surface area contributed by atoms with Gasteiger partial charge in [-0.2, -0.15) is 0 Å². The van der Waals surface area contributed by atoms with E-state index in [1.807, 2.05) is 27.7 Å². The maximum atomic E-state index is 12.7. The highest BCUT2D eigenvalue weighted by Crippen LogP contribution is 2.39. The third-order valence-electron chi connectivity index (χ3n) is 5.65. The molecule has 0 bridgehead atoms. The number of carbonyl (C=O) groups is 1. The van der Waals surface area contributed by atoms with E-state index in [-0.39, 0.29) is 35.9 Å². The Morgan fingerprint density at radius 1 is 1.12 bits per heavy atom. The van der Waals surface area contributed by atoms with Gasteiger partial charge >= 0.3 is 6.09 Å². The van der Waals surface area contributed by atoms with Gasteiger partial charge in [0.2, 0.25) is 0 Å². The van der Waals surface area contributed by atoms with Crippen molar-refractivity contribution in [3.8, 4) is 0 Å². The van der Waals surface area contributed by atoms with Crippen molar-refractivity contribution in [1.29, 1.82) is 0 Å². The van der Waals surface area contributed by atoms with Crippen LogP contribution in [0.1, 0.15) is 74.1 Å². The highest BCUT2D eigenvalue weighted by molar-refractivity contribution is 6.74. The maximum Gasteiger partial charge on any atom is 0.410 e. The molecule has 5 nitrogen and oxygen atoms in total. The van der Waals surface area contributed by atoms with E-state index in [0.29, 0.717) is 0 Å². The van der Waals surface area contributed by atoms with E-state index in [2.05, 4.69) is 33.9 Å². The fraction of sp³-hybridized carbons (Fsp3) is 0.950. The predicted octanol–water partition coefficient (Wildman–Crippen LogP) is 4.94. The first kappa shape index (κ1) is 23.4. The van der Waals surface area contributed by atoms with Crippen LogP contribution in [-0.2, 0) is 9.16 Å². The first-order valence-electron chi connectivity index (χ1n) is 9.98. The molecule has 1 aliphatic carbocycles. The van der Waals surface area contributed by atoms with Crippen LogP contribution in [-0.4, -0.2) is 54.8 Å². The highest BCUT2D eigenvalue weighted by Gasteiger charge is 2.41. The highest BCUT2D eigenvalue weighted by atomic mass is 28.4. The molecule has 26 heavy (non-hydrogen) atoms. The van der Waals surface area contributed by atoms with Crippen molar-refractivity contribution in [2.45, 2.75) is 116 Å². The summed E-state index contributed by atoms with van der Waals surface area (Å²) in [7, 11) is -1.77. The Balaban J connectivity index is 2.74. The first-order chi connectivity index (χ1) is 11.7. The number of hydrogen-bond acceptors (Lipinski definition) is 4. The number of amides is 1. The van der Waals surface area contributed by atoms with E-state index in [0.717, 1.165) is 25.7 Å². The van der Waals surface area contributed by atoms with Crippen molar-refractivity contribution in [1.82, 2.24) is 4.90 Å². The minimum Gasteiger partial charge on any atom is -0.444 e. The van der Waals surface area contributed by atoms with Crippen molar-refractivity contribution < 1.29 is 19.1 Å². The number of carbonyl (C=O) groups excluding carboxylic acids is 1. The minimum atomic E-state index is -1.77. The summed E-state index contributed by atoms with van der Waals surface area (Å²) in [6, 6.07) is -0.140. The standard InChI is InChI=1S/C20H41NO4Si/c1-15(14-22)21(18(23)24-19(2,3)4)16-10-12-17(13-11-16)25-26(8,9)20(5,6)7/h15-17,22H,10-14H2,1-9H3. The van der Waals surface area contributed by atoms with Gasteiger partial charge in [0.1, 0.15) is 5.60 Å². The molecule has 0 aromatic rings. The Hall–Kier alpha value is -0.593. The summed E-state index contributed by atoms with van der Waals surface area (Å²) in [5.41, 5.74) is -0.535. The number of aliphatic hydroxyl groups is 1. The molecule has 0 spiro atoms. The van der Waals surface area contributed by atoms with Gasteiger partial charge in [0.05, 0.1) is 12.6 Å². The Morgan fingerprint density at radius 2 is 1.62 bits per heavy atom. The second kappa shape index (κ2) is 8.61. The van der Waals surface area contributed by atoms with Gasteiger partial charge in [-0.05, 0) is 71.5 Å². The molecule has 1 N–H and O–H groups in total. The van der Waals surface area contributed by atoms with Crippen LogP contribution < -0.4 is 0 Å². The number of aliphatic hydroxyl groups excluding tert-OH is 1. The van der Waals surface area contributed by atoms with Crippen LogP contribution in [0.4, 0.5) is 4.79 Å². The number of hydrogen-bond donors (Lipinski definition) is 1. The summed E-state index contributed by atoms with van der Waals surface area (Å²) in [6.07, 6.45) is 3.64. The molecule has 1 atom stereocenters. The summed E-state index contributed by atoms with van der Waals surface area (Å²) in [5.74, 6) is 0. The van der Waals surface area contributed by atoms with Crippen LogP contribution in [0.15, 0.2) is 0 Å². The molecule has 1 fully saturated rings. The zero-order chi connectivity index (χ0) is 20.3. The molecule has 1 aliphatic rings. The summed E-state index contributed by atoms with van der Waals surface area (Å²) in [6.45, 7) is 18.8. The Bertz CT molecular complexity index is 459. The maximum absolute atomic E-state index is 12.7. The summed E-state index contributed by atoms with van der Waals surface area (Å²) in [5, 5.41) is 9.81. The van der Waals surface area contributed by atoms with E-state index < -0.39 is 13.9 Å². The summed E-state index contributed by atoms with van der Waals surface area (Å²) in [4.78, 5) is 14.4. The molecule has 6 heteroatoms. The molecular formula is C20H41NO4Si. The lowest BCUT2D eigenvalue weighted by Gasteiger charge is -2.44. The second-order valence-electron chi connectivity index (χ2n) is 10.2. The zero-order valence-electron chi connectivity index (χ0n) is 18.4. The molecule has 0 saturated heterocycles. The molecule has 1 amide bonds. The van der Waals surface area contributed by atoms with Crippen LogP contribution in [0.2, 0.25) is 18.1 Å². The summed E-state index contributed by atoms with van der Waals surface area (Å²) < 4.78 is 12.1. The average molecular weight is 388 g/mol. The molecule has 1 rings (SSSR count). The lowest BCUT2D eigenvalue weighted by atomic mass is 9.91. The van der Waals surface area contributed by atoms with Gasteiger partial charge in [-0.15, -0.1) is 0 Å². The normalized spacial score (nSPS) is 23.5. The van der Waals surface area contributed by atoms with Crippen molar-refractivity contribution in [2.75, 3.05) is 6.61 Å². The van der Waals surface area contributed by atoms with Gasteiger partial charge in [-0.25, -0.2) is 4.79 Å². The largest absolute Gasteiger partial charge is 0.444 e. The lowest BCUT2D eigenvalue weighted by molar-refractivity contribution is -0.0116. The molecule has 0 aromatic carbocycles. The van der Waals surface area contributed by atoms with Crippen molar-refractivity contribution in [2.24, 2.45) is 0 Å². The number of nitrogens with zero attached hydrogens (tertiary/aromatic N) is 1. The molecule has 0 heterocycles. The van der Waals surface area contributed by atoms with Gasteiger partial charge in [0.15, 0.2) is 8.32 Å². The van der Waals surface area contributed by atoms with Gasteiger partial charge < -0.3 is 19.2 Å². The van der Waals surface area contributed by atoms with Gasteiger partial charge in [0.25, 0.3) is 0 Å². The van der Waals surface area contributed by atoms with Crippen LogP contribution >= 0.6 is 0 Å². The molecule has 0 aliphatic heterocycles. The smallest absolute Gasteiger partial charge is 0.410 e.